The van der Waals surface area contributed by atoms with Gasteiger partial charge in [-0.15, -0.1) is 0 Å². The third-order valence-electron chi connectivity index (χ3n) is 2.86. The predicted octanol–water partition coefficient (Wildman–Crippen LogP) is 1.82. The SMILES string of the molecule is COCN1c2cc(CO)ccc2Oc2nccnc21. The molecular weight excluding hydrogens is 246 g/mol. The van der Waals surface area contributed by atoms with Crippen LogP contribution in [0.2, 0.25) is 0 Å². The molecule has 1 aliphatic rings. The van der Waals surface area contributed by atoms with E-state index in [-0.39, 0.29) is 6.61 Å². The third kappa shape index (κ3) is 2.00. The lowest BCUT2D eigenvalue weighted by atomic mass is 10.1. The molecule has 0 bridgehead atoms. The molecule has 1 aromatic carbocycles. The van der Waals surface area contributed by atoms with Crippen LogP contribution in [0.5, 0.6) is 11.6 Å². The Labute approximate surface area is 110 Å². The molecule has 0 saturated carbocycles. The molecule has 0 unspecified atom stereocenters. The minimum absolute atomic E-state index is 0.0264. The van der Waals surface area contributed by atoms with Gasteiger partial charge in [-0.2, -0.15) is 0 Å². The van der Waals surface area contributed by atoms with Crippen LogP contribution in [0, 0.1) is 0 Å². The number of aliphatic hydroxyl groups is 1. The summed E-state index contributed by atoms with van der Waals surface area (Å²) < 4.78 is 10.9. The Balaban J connectivity index is 2.12. The average Bonchev–Trinajstić information content (AvgIpc) is 2.47. The van der Waals surface area contributed by atoms with E-state index in [9.17, 15) is 5.11 Å². The van der Waals surface area contributed by atoms with Crippen LogP contribution >= 0.6 is 0 Å². The van der Waals surface area contributed by atoms with Crippen molar-refractivity contribution in [1.29, 1.82) is 0 Å². The summed E-state index contributed by atoms with van der Waals surface area (Å²) in [7, 11) is 1.61. The fourth-order valence-corrected chi connectivity index (χ4v) is 2.01. The van der Waals surface area contributed by atoms with Crippen molar-refractivity contribution >= 4 is 11.5 Å². The lowest BCUT2D eigenvalue weighted by Gasteiger charge is -2.30. The zero-order chi connectivity index (χ0) is 13.2. The number of ether oxygens (including phenoxy) is 2. The Morgan fingerprint density at radius 1 is 1.32 bits per heavy atom. The number of benzene rings is 1. The van der Waals surface area contributed by atoms with Gasteiger partial charge in [0, 0.05) is 19.5 Å². The molecular formula is C13H13N3O3. The van der Waals surface area contributed by atoms with Crippen LogP contribution in [0.3, 0.4) is 0 Å². The van der Waals surface area contributed by atoms with Crippen molar-refractivity contribution in [2.75, 3.05) is 18.7 Å². The molecule has 0 fully saturated rings. The Kier molecular flexibility index (Phi) is 3.02. The highest BCUT2D eigenvalue weighted by atomic mass is 16.5. The van der Waals surface area contributed by atoms with Crippen LogP contribution < -0.4 is 9.64 Å². The van der Waals surface area contributed by atoms with Gasteiger partial charge in [0.2, 0.25) is 0 Å². The number of aromatic nitrogens is 2. The molecule has 1 aliphatic heterocycles. The van der Waals surface area contributed by atoms with Crippen molar-refractivity contribution in [2.45, 2.75) is 6.61 Å². The molecule has 19 heavy (non-hydrogen) atoms. The smallest absolute Gasteiger partial charge is 0.263 e. The molecule has 3 rings (SSSR count). The zero-order valence-corrected chi connectivity index (χ0v) is 10.4. The Morgan fingerprint density at radius 2 is 2.16 bits per heavy atom. The van der Waals surface area contributed by atoms with E-state index in [2.05, 4.69) is 9.97 Å². The number of hydrogen-bond acceptors (Lipinski definition) is 6. The molecule has 0 atom stereocenters. The van der Waals surface area contributed by atoms with E-state index in [4.69, 9.17) is 9.47 Å². The topological polar surface area (TPSA) is 67.7 Å². The molecule has 98 valence electrons. The number of aliphatic hydroxyl groups excluding tert-OH is 1. The second kappa shape index (κ2) is 4.83. The van der Waals surface area contributed by atoms with Crippen LogP contribution in [0.1, 0.15) is 5.56 Å². The third-order valence-corrected chi connectivity index (χ3v) is 2.86. The second-order valence-corrected chi connectivity index (χ2v) is 4.09. The maximum Gasteiger partial charge on any atom is 0.263 e. The van der Waals surface area contributed by atoms with Gasteiger partial charge in [-0.1, -0.05) is 6.07 Å². The van der Waals surface area contributed by atoms with Gasteiger partial charge in [0.05, 0.1) is 12.3 Å². The standard InChI is InChI=1S/C13H13N3O3/c1-18-8-16-10-6-9(7-17)2-3-11(10)19-13-12(16)14-4-5-15-13/h2-6,17H,7-8H2,1H3. The van der Waals surface area contributed by atoms with E-state index in [1.807, 2.05) is 17.0 Å². The molecule has 6 heteroatoms. The Hall–Kier alpha value is -2.18. The number of anilines is 2. The molecule has 0 radical (unpaired) electrons. The van der Waals surface area contributed by atoms with E-state index in [1.165, 1.54) is 0 Å². The highest BCUT2D eigenvalue weighted by molar-refractivity contribution is 5.74. The molecule has 0 spiro atoms. The zero-order valence-electron chi connectivity index (χ0n) is 10.4. The van der Waals surface area contributed by atoms with Crippen molar-refractivity contribution in [3.05, 3.63) is 36.2 Å². The van der Waals surface area contributed by atoms with Gasteiger partial charge >= 0.3 is 0 Å². The van der Waals surface area contributed by atoms with Gasteiger partial charge in [0.15, 0.2) is 11.6 Å². The molecule has 2 aromatic rings. The van der Waals surface area contributed by atoms with E-state index in [1.54, 1.807) is 25.6 Å². The van der Waals surface area contributed by atoms with E-state index < -0.39 is 0 Å². The number of fused-ring (bicyclic) bond motifs is 2. The summed E-state index contributed by atoms with van der Waals surface area (Å²) in [6.07, 6.45) is 3.18. The fourth-order valence-electron chi connectivity index (χ4n) is 2.01. The van der Waals surface area contributed by atoms with Crippen molar-refractivity contribution in [2.24, 2.45) is 0 Å². The van der Waals surface area contributed by atoms with Gasteiger partial charge in [-0.3, -0.25) is 4.90 Å². The van der Waals surface area contributed by atoms with Crippen LogP contribution in [0.4, 0.5) is 11.5 Å². The lowest BCUT2D eigenvalue weighted by molar-refractivity contribution is 0.203. The van der Waals surface area contributed by atoms with Gasteiger partial charge in [0.25, 0.3) is 5.88 Å². The lowest BCUT2D eigenvalue weighted by Crippen LogP contribution is -2.25. The number of hydrogen-bond donors (Lipinski definition) is 1. The maximum absolute atomic E-state index is 9.23. The molecule has 2 heterocycles. The summed E-state index contributed by atoms with van der Waals surface area (Å²) in [5.41, 5.74) is 1.61. The highest BCUT2D eigenvalue weighted by Gasteiger charge is 2.26. The van der Waals surface area contributed by atoms with Crippen LogP contribution in [-0.2, 0) is 11.3 Å². The van der Waals surface area contributed by atoms with E-state index >= 15 is 0 Å². The predicted molar refractivity (Wildman–Crippen MR) is 68.5 cm³/mol. The van der Waals surface area contributed by atoms with Crippen molar-refractivity contribution < 1.29 is 14.6 Å². The average molecular weight is 259 g/mol. The van der Waals surface area contributed by atoms with Gasteiger partial charge in [-0.05, 0) is 17.7 Å². The summed E-state index contributed by atoms with van der Waals surface area (Å²) in [5, 5.41) is 9.23. The monoisotopic (exact) mass is 259 g/mol. The molecule has 6 nitrogen and oxygen atoms in total. The molecule has 0 aliphatic carbocycles. The number of rotatable bonds is 3. The molecule has 0 saturated heterocycles. The maximum atomic E-state index is 9.23. The Morgan fingerprint density at radius 3 is 2.95 bits per heavy atom. The molecule has 0 amide bonds. The first kappa shape index (κ1) is 11.9. The summed E-state index contributed by atoms with van der Waals surface area (Å²) in [6, 6.07) is 5.47. The normalized spacial score (nSPS) is 12.6. The first-order chi connectivity index (χ1) is 9.33. The largest absolute Gasteiger partial charge is 0.434 e. The van der Waals surface area contributed by atoms with E-state index in [0.717, 1.165) is 11.3 Å². The summed E-state index contributed by atoms with van der Waals surface area (Å²) in [4.78, 5) is 10.3. The first-order valence-corrected chi connectivity index (χ1v) is 5.82. The van der Waals surface area contributed by atoms with Crippen LogP contribution in [0.25, 0.3) is 0 Å². The highest BCUT2D eigenvalue weighted by Crippen LogP contribution is 2.44. The number of nitrogens with zero attached hydrogens (tertiary/aromatic N) is 3. The van der Waals surface area contributed by atoms with Gasteiger partial charge < -0.3 is 14.6 Å². The van der Waals surface area contributed by atoms with Gasteiger partial charge in [0.1, 0.15) is 6.73 Å². The molecule has 1 aromatic heterocycles. The first-order valence-electron chi connectivity index (χ1n) is 5.82. The minimum atomic E-state index is -0.0264. The van der Waals surface area contributed by atoms with Crippen molar-refractivity contribution in [1.82, 2.24) is 9.97 Å². The second-order valence-electron chi connectivity index (χ2n) is 4.09. The summed E-state index contributed by atoms with van der Waals surface area (Å²) in [6.45, 7) is 0.304. The summed E-state index contributed by atoms with van der Waals surface area (Å²) >= 11 is 0. The van der Waals surface area contributed by atoms with Gasteiger partial charge in [-0.25, -0.2) is 9.97 Å². The quantitative estimate of drug-likeness (QED) is 0.906. The van der Waals surface area contributed by atoms with Crippen molar-refractivity contribution in [3.8, 4) is 11.6 Å². The number of methoxy groups -OCH3 is 1. The minimum Gasteiger partial charge on any atom is -0.434 e. The molecule has 1 N–H and O–H groups in total. The van der Waals surface area contributed by atoms with E-state index in [0.29, 0.717) is 24.2 Å². The van der Waals surface area contributed by atoms with Crippen LogP contribution in [0.15, 0.2) is 30.6 Å². The van der Waals surface area contributed by atoms with Crippen molar-refractivity contribution in [3.63, 3.8) is 0 Å². The van der Waals surface area contributed by atoms with Crippen LogP contribution in [-0.4, -0.2) is 28.9 Å². The fraction of sp³-hybridized carbons (Fsp3) is 0.231. The summed E-state index contributed by atoms with van der Waals surface area (Å²) in [5.74, 6) is 1.72. The Bertz CT molecular complexity index is 603.